The Labute approximate surface area is 75.9 Å². The quantitative estimate of drug-likeness (QED) is 0.475. The Kier molecular flexibility index (Phi) is 3.05. The highest BCUT2D eigenvalue weighted by atomic mass is 35.5. The van der Waals surface area contributed by atoms with Crippen LogP contribution in [0.25, 0.3) is 0 Å². The number of Topliss-reactive ketones (excluding diaryl/α,β-unsaturated/α-hetero) is 1. The molecular weight excluding hydrogens is 180 g/mol. The molecule has 68 valence electrons. The summed E-state index contributed by atoms with van der Waals surface area (Å²) in [4.78, 5) is 23.2. The van der Waals surface area contributed by atoms with Crippen molar-refractivity contribution in [2.45, 2.75) is 13.0 Å². The molecule has 1 aliphatic rings. The van der Waals surface area contributed by atoms with Crippen molar-refractivity contribution >= 4 is 22.8 Å². The molecule has 1 atom stereocenters. The molecule has 0 spiro atoms. The summed E-state index contributed by atoms with van der Waals surface area (Å²) < 4.78 is 0. The molecule has 0 aromatic rings. The monoisotopic (exact) mass is 190 g/mol. The van der Waals surface area contributed by atoms with E-state index in [0.717, 1.165) is 0 Å². The number of rotatable bonds is 1. The molecule has 1 unspecified atom stereocenters. The minimum absolute atomic E-state index is 0.0313. The summed E-state index contributed by atoms with van der Waals surface area (Å²) in [6.07, 6.45) is 0. The largest absolute Gasteiger partial charge is 0.317 e. The van der Waals surface area contributed by atoms with E-state index in [1.54, 1.807) is 0 Å². The standard InChI is InChI=1S/C7H11ClN2O2/c1-5(11)6-4-9-2-3-10(6)7(8)12/h6,9H,2-4H2,1H3. The zero-order valence-electron chi connectivity index (χ0n) is 6.84. The third-order valence-electron chi connectivity index (χ3n) is 1.94. The molecule has 12 heavy (non-hydrogen) atoms. The number of carbonyl (C=O) groups excluding carboxylic acids is 2. The van der Waals surface area contributed by atoms with Gasteiger partial charge in [-0.05, 0) is 18.5 Å². The van der Waals surface area contributed by atoms with Gasteiger partial charge in [-0.1, -0.05) is 0 Å². The van der Waals surface area contributed by atoms with Gasteiger partial charge in [0, 0.05) is 19.6 Å². The maximum Gasteiger partial charge on any atom is 0.317 e. The second kappa shape index (κ2) is 3.87. The second-order valence-corrected chi connectivity index (χ2v) is 3.10. The molecule has 1 aliphatic heterocycles. The van der Waals surface area contributed by atoms with Gasteiger partial charge in [-0.2, -0.15) is 0 Å². The normalized spacial score (nSPS) is 23.8. The van der Waals surface area contributed by atoms with E-state index in [4.69, 9.17) is 11.6 Å². The number of carbonyl (C=O) groups is 2. The first-order chi connectivity index (χ1) is 5.63. The van der Waals surface area contributed by atoms with Gasteiger partial charge in [-0.15, -0.1) is 0 Å². The van der Waals surface area contributed by atoms with Crippen molar-refractivity contribution in [1.29, 1.82) is 0 Å². The van der Waals surface area contributed by atoms with E-state index in [1.165, 1.54) is 11.8 Å². The lowest BCUT2D eigenvalue weighted by molar-refractivity contribution is -0.121. The topological polar surface area (TPSA) is 49.4 Å². The van der Waals surface area contributed by atoms with Crippen molar-refractivity contribution in [3.8, 4) is 0 Å². The highest BCUT2D eigenvalue weighted by molar-refractivity contribution is 6.63. The first kappa shape index (κ1) is 9.48. The molecule has 5 heteroatoms. The summed E-state index contributed by atoms with van der Waals surface area (Å²) >= 11 is 5.30. The molecule has 1 N–H and O–H groups in total. The predicted molar refractivity (Wildman–Crippen MR) is 45.3 cm³/mol. The third-order valence-corrected chi connectivity index (χ3v) is 2.16. The molecule has 0 aromatic carbocycles. The smallest absolute Gasteiger partial charge is 0.317 e. The fourth-order valence-electron chi connectivity index (χ4n) is 1.28. The maximum absolute atomic E-state index is 11.0. The molecule has 0 aromatic heterocycles. The van der Waals surface area contributed by atoms with Crippen LogP contribution in [0, 0.1) is 0 Å². The van der Waals surface area contributed by atoms with Crippen LogP contribution in [0.2, 0.25) is 0 Å². The van der Waals surface area contributed by atoms with Crippen LogP contribution in [0.5, 0.6) is 0 Å². The number of ketones is 1. The van der Waals surface area contributed by atoms with E-state index in [0.29, 0.717) is 19.6 Å². The lowest BCUT2D eigenvalue weighted by Crippen LogP contribution is -2.55. The Bertz CT molecular complexity index is 186. The number of nitrogens with one attached hydrogen (secondary N) is 1. The summed E-state index contributed by atoms with van der Waals surface area (Å²) in [6.45, 7) is 3.17. The van der Waals surface area contributed by atoms with Crippen molar-refractivity contribution in [3.63, 3.8) is 0 Å². The number of hydrogen-bond acceptors (Lipinski definition) is 3. The molecule has 1 saturated heterocycles. The van der Waals surface area contributed by atoms with Gasteiger partial charge in [-0.25, -0.2) is 0 Å². The Morgan fingerprint density at radius 2 is 2.25 bits per heavy atom. The van der Waals surface area contributed by atoms with Crippen LogP contribution in [-0.2, 0) is 4.79 Å². The average Bonchev–Trinajstić information content (AvgIpc) is 2.04. The number of hydrogen-bond donors (Lipinski definition) is 1. The van der Waals surface area contributed by atoms with Crippen LogP contribution in [0.15, 0.2) is 0 Å². The van der Waals surface area contributed by atoms with Crippen LogP contribution in [0.4, 0.5) is 4.79 Å². The molecule has 0 aliphatic carbocycles. The van der Waals surface area contributed by atoms with Crippen molar-refractivity contribution in [2.75, 3.05) is 19.6 Å². The van der Waals surface area contributed by atoms with Crippen molar-refractivity contribution < 1.29 is 9.59 Å². The van der Waals surface area contributed by atoms with Crippen LogP contribution in [0.1, 0.15) is 6.92 Å². The van der Waals surface area contributed by atoms with Gasteiger partial charge in [0.05, 0.1) is 0 Å². The Balaban J connectivity index is 2.67. The molecule has 1 amide bonds. The van der Waals surface area contributed by atoms with Crippen LogP contribution in [0.3, 0.4) is 0 Å². The molecule has 0 bridgehead atoms. The fraction of sp³-hybridized carbons (Fsp3) is 0.714. The summed E-state index contributed by atoms with van der Waals surface area (Å²) in [7, 11) is 0. The van der Waals surface area contributed by atoms with E-state index in [9.17, 15) is 9.59 Å². The van der Waals surface area contributed by atoms with E-state index in [-0.39, 0.29) is 11.8 Å². The van der Waals surface area contributed by atoms with E-state index in [2.05, 4.69) is 5.32 Å². The minimum atomic E-state index is -0.545. The number of piperazine rings is 1. The highest BCUT2D eigenvalue weighted by Gasteiger charge is 2.28. The first-order valence-corrected chi connectivity index (χ1v) is 4.18. The molecule has 1 rings (SSSR count). The van der Waals surface area contributed by atoms with Gasteiger partial charge >= 0.3 is 5.37 Å². The maximum atomic E-state index is 11.0. The Hall–Kier alpha value is -0.610. The van der Waals surface area contributed by atoms with E-state index >= 15 is 0 Å². The molecule has 1 heterocycles. The van der Waals surface area contributed by atoms with Gasteiger partial charge in [0.1, 0.15) is 6.04 Å². The molecule has 1 fully saturated rings. The molecule has 4 nitrogen and oxygen atoms in total. The van der Waals surface area contributed by atoms with Crippen LogP contribution >= 0.6 is 11.6 Å². The van der Waals surface area contributed by atoms with Crippen molar-refractivity contribution in [2.24, 2.45) is 0 Å². The zero-order chi connectivity index (χ0) is 9.14. The van der Waals surface area contributed by atoms with Crippen LogP contribution in [-0.4, -0.2) is 41.7 Å². The number of nitrogens with zero attached hydrogens (tertiary/aromatic N) is 1. The summed E-state index contributed by atoms with van der Waals surface area (Å²) in [6, 6.07) is -0.385. The van der Waals surface area contributed by atoms with Gasteiger partial charge in [0.15, 0.2) is 5.78 Å². The zero-order valence-corrected chi connectivity index (χ0v) is 7.60. The minimum Gasteiger partial charge on any atom is -0.317 e. The SMILES string of the molecule is CC(=O)C1CNCCN1C(=O)Cl. The summed E-state index contributed by atoms with van der Waals surface area (Å²) in [5.41, 5.74) is 0. The van der Waals surface area contributed by atoms with Crippen molar-refractivity contribution in [1.82, 2.24) is 10.2 Å². The lowest BCUT2D eigenvalue weighted by atomic mass is 10.1. The van der Waals surface area contributed by atoms with Crippen molar-refractivity contribution in [3.05, 3.63) is 0 Å². The lowest BCUT2D eigenvalue weighted by Gasteiger charge is -2.32. The average molecular weight is 191 g/mol. The second-order valence-electron chi connectivity index (χ2n) is 2.78. The van der Waals surface area contributed by atoms with Crippen LogP contribution < -0.4 is 5.32 Å². The predicted octanol–water partition coefficient (Wildman–Crippen LogP) is 0.208. The Morgan fingerprint density at radius 1 is 1.58 bits per heavy atom. The van der Waals surface area contributed by atoms with Gasteiger partial charge in [-0.3, -0.25) is 9.59 Å². The third kappa shape index (κ3) is 1.95. The summed E-state index contributed by atoms with van der Waals surface area (Å²) in [5, 5.41) is 2.48. The van der Waals surface area contributed by atoms with E-state index < -0.39 is 5.37 Å². The fourth-order valence-corrected chi connectivity index (χ4v) is 1.48. The highest BCUT2D eigenvalue weighted by Crippen LogP contribution is 2.07. The van der Waals surface area contributed by atoms with Gasteiger partial charge < -0.3 is 10.2 Å². The molecule has 0 radical (unpaired) electrons. The number of amides is 1. The number of halogens is 1. The van der Waals surface area contributed by atoms with Gasteiger partial charge in [0.25, 0.3) is 0 Å². The summed E-state index contributed by atoms with van der Waals surface area (Å²) in [5.74, 6) is -0.0313. The molecular formula is C7H11ClN2O2. The first-order valence-electron chi connectivity index (χ1n) is 3.80. The van der Waals surface area contributed by atoms with E-state index in [1.807, 2.05) is 0 Å². The Morgan fingerprint density at radius 3 is 2.67 bits per heavy atom. The molecule has 0 saturated carbocycles. The van der Waals surface area contributed by atoms with Gasteiger partial charge in [0.2, 0.25) is 0 Å².